The number of hydrogen-bond donors (Lipinski definition) is 1. The van der Waals surface area contributed by atoms with E-state index in [1.807, 2.05) is 0 Å². The molecular formula is C5H8CaN2. The molecule has 2 N–H and O–H groups in total. The summed E-state index contributed by atoms with van der Waals surface area (Å²) in [5.74, 6) is 0. The molecule has 0 unspecified atom stereocenters. The van der Waals surface area contributed by atoms with Gasteiger partial charge in [-0.2, -0.15) is 0 Å². The molecule has 0 bridgehead atoms. The molecule has 1 heterocycles. The molecule has 3 heteroatoms. The third-order valence-electron chi connectivity index (χ3n) is 0.684. The molecular weight excluding hydrogens is 128 g/mol. The quantitative estimate of drug-likeness (QED) is 0.528. The van der Waals surface area contributed by atoms with Crippen LogP contribution in [0.1, 0.15) is 2.85 Å². The van der Waals surface area contributed by atoms with E-state index in [9.17, 15) is 0 Å². The van der Waals surface area contributed by atoms with Gasteiger partial charge in [0.05, 0.1) is 5.69 Å². The van der Waals surface area contributed by atoms with E-state index in [2.05, 4.69) is 4.98 Å². The number of hydrogen-bond acceptors (Lipinski definition) is 2. The van der Waals surface area contributed by atoms with Gasteiger partial charge in [-0.15, -0.1) is 0 Å². The van der Waals surface area contributed by atoms with E-state index in [0.29, 0.717) is 5.69 Å². The fraction of sp³-hybridized carbons (Fsp3) is 0. The molecule has 0 radical (unpaired) electrons. The van der Waals surface area contributed by atoms with E-state index in [0.717, 1.165) is 0 Å². The number of nitrogens with zero attached hydrogens (tertiary/aromatic N) is 1. The molecule has 0 aliphatic carbocycles. The van der Waals surface area contributed by atoms with Gasteiger partial charge in [0, 0.05) is 12.4 Å². The molecule has 0 aliphatic heterocycles. The summed E-state index contributed by atoms with van der Waals surface area (Å²) in [6.45, 7) is 0. The summed E-state index contributed by atoms with van der Waals surface area (Å²) in [6.07, 6.45) is 3.30. The number of anilines is 1. The van der Waals surface area contributed by atoms with Crippen LogP contribution in [-0.2, 0) is 0 Å². The van der Waals surface area contributed by atoms with Gasteiger partial charge in [0.15, 0.2) is 0 Å². The average molecular weight is 136 g/mol. The van der Waals surface area contributed by atoms with Gasteiger partial charge in [-0.3, -0.25) is 4.98 Å². The molecule has 1 aromatic heterocycles. The maximum atomic E-state index is 5.30. The predicted octanol–water partition coefficient (Wildman–Crippen LogP) is 0.508. The molecule has 2 nitrogen and oxygen atoms in total. The number of nitrogens with two attached hydrogens (primary N) is 1. The Morgan fingerprint density at radius 2 is 2.38 bits per heavy atom. The van der Waals surface area contributed by atoms with Gasteiger partial charge in [0.2, 0.25) is 0 Å². The first-order valence-corrected chi connectivity index (χ1v) is 2.05. The molecule has 0 aliphatic rings. The molecule has 1 aromatic rings. The average Bonchev–Trinajstić information content (AvgIpc) is 1.69. The largest absolute Gasteiger partial charge is 2.00 e. The van der Waals surface area contributed by atoms with Crippen LogP contribution in [0.25, 0.3) is 0 Å². The summed E-state index contributed by atoms with van der Waals surface area (Å²) in [7, 11) is 0. The molecule has 0 atom stereocenters. The molecule has 0 spiro atoms. The number of rotatable bonds is 0. The topological polar surface area (TPSA) is 38.9 Å². The van der Waals surface area contributed by atoms with Crippen LogP contribution < -0.4 is 5.73 Å². The van der Waals surface area contributed by atoms with Gasteiger partial charge in [-0.25, -0.2) is 0 Å². The monoisotopic (exact) mass is 136 g/mol. The molecule has 0 fully saturated rings. The zero-order valence-corrected chi connectivity index (χ0v) is 6.75. The first kappa shape index (κ1) is 8.21. The minimum absolute atomic E-state index is 0. The van der Waals surface area contributed by atoms with E-state index in [-0.39, 0.29) is 40.6 Å². The number of aromatic nitrogens is 1. The molecule has 8 heavy (non-hydrogen) atoms. The Morgan fingerprint density at radius 1 is 1.62 bits per heavy atom. The molecule has 0 amide bonds. The first-order valence-electron chi connectivity index (χ1n) is 2.05. The van der Waals surface area contributed by atoms with Crippen molar-refractivity contribution in [2.75, 3.05) is 5.73 Å². The second-order valence-electron chi connectivity index (χ2n) is 1.29. The zero-order chi connectivity index (χ0) is 5.11. The van der Waals surface area contributed by atoms with Crippen LogP contribution in [0.2, 0.25) is 0 Å². The summed E-state index contributed by atoms with van der Waals surface area (Å²) < 4.78 is 0. The minimum atomic E-state index is 0. The molecule has 0 aromatic carbocycles. The SMILES string of the molecule is Nc1cccnc1.[Ca+2].[H-].[H-]. The van der Waals surface area contributed by atoms with Crippen molar-refractivity contribution >= 4 is 43.4 Å². The maximum Gasteiger partial charge on any atom is 2.00 e. The van der Waals surface area contributed by atoms with Gasteiger partial charge in [0.25, 0.3) is 0 Å². The van der Waals surface area contributed by atoms with Crippen LogP contribution >= 0.6 is 0 Å². The van der Waals surface area contributed by atoms with E-state index >= 15 is 0 Å². The van der Waals surface area contributed by atoms with Crippen molar-refractivity contribution in [3.8, 4) is 0 Å². The van der Waals surface area contributed by atoms with E-state index < -0.39 is 0 Å². The fourth-order valence-corrected chi connectivity index (χ4v) is 0.376. The molecule has 0 saturated heterocycles. The van der Waals surface area contributed by atoms with Crippen molar-refractivity contribution in [1.29, 1.82) is 0 Å². The summed E-state index contributed by atoms with van der Waals surface area (Å²) in [4.78, 5) is 3.76. The van der Waals surface area contributed by atoms with Crippen molar-refractivity contribution in [3.05, 3.63) is 24.5 Å². The Labute approximate surface area is 81.1 Å². The Bertz CT molecular complexity index is 148. The van der Waals surface area contributed by atoms with Gasteiger partial charge in [-0.05, 0) is 12.1 Å². The third-order valence-corrected chi connectivity index (χ3v) is 0.684. The zero-order valence-electron chi connectivity index (χ0n) is 6.54. The second kappa shape index (κ2) is 4.12. The molecule has 1 rings (SSSR count). The van der Waals surface area contributed by atoms with Crippen LogP contribution in [-0.4, -0.2) is 42.7 Å². The number of nitrogen functional groups attached to an aromatic ring is 1. The van der Waals surface area contributed by atoms with Crippen LogP contribution in [0.3, 0.4) is 0 Å². The molecule has 40 valence electrons. The standard InChI is InChI=1S/C5H6N2.Ca.2H/c6-5-2-1-3-7-4-5;;;/h1-4H,6H2;;;/q;+2;2*-1. The Balaban J connectivity index is -0.000000163. The van der Waals surface area contributed by atoms with Crippen LogP contribution in [0, 0.1) is 0 Å². The smallest absolute Gasteiger partial charge is 1.00 e. The van der Waals surface area contributed by atoms with Crippen molar-refractivity contribution < 1.29 is 2.85 Å². The van der Waals surface area contributed by atoms with Crippen LogP contribution in [0.15, 0.2) is 24.5 Å². The van der Waals surface area contributed by atoms with Crippen molar-refractivity contribution in [2.24, 2.45) is 0 Å². The third kappa shape index (κ3) is 2.50. The summed E-state index contributed by atoms with van der Waals surface area (Å²) in [5.41, 5.74) is 6.01. The summed E-state index contributed by atoms with van der Waals surface area (Å²) >= 11 is 0. The normalized spacial score (nSPS) is 7.50. The van der Waals surface area contributed by atoms with Crippen LogP contribution in [0.5, 0.6) is 0 Å². The van der Waals surface area contributed by atoms with Crippen molar-refractivity contribution in [2.45, 2.75) is 0 Å². The summed E-state index contributed by atoms with van der Waals surface area (Å²) in [6, 6.07) is 3.60. The minimum Gasteiger partial charge on any atom is -1.00 e. The van der Waals surface area contributed by atoms with Gasteiger partial charge in [0.1, 0.15) is 0 Å². The Morgan fingerprint density at radius 3 is 2.62 bits per heavy atom. The van der Waals surface area contributed by atoms with Crippen molar-refractivity contribution in [1.82, 2.24) is 4.98 Å². The number of pyridine rings is 1. The first-order chi connectivity index (χ1) is 3.39. The fourth-order valence-electron chi connectivity index (χ4n) is 0.376. The predicted molar refractivity (Wildman–Crippen MR) is 36.6 cm³/mol. The Kier molecular flexibility index (Phi) is 4.23. The van der Waals surface area contributed by atoms with E-state index in [4.69, 9.17) is 5.73 Å². The van der Waals surface area contributed by atoms with E-state index in [1.165, 1.54) is 0 Å². The molecule has 0 saturated carbocycles. The summed E-state index contributed by atoms with van der Waals surface area (Å²) in [5, 5.41) is 0. The maximum absolute atomic E-state index is 5.30. The van der Waals surface area contributed by atoms with Gasteiger partial charge in [-0.1, -0.05) is 0 Å². The second-order valence-corrected chi connectivity index (χ2v) is 1.29. The van der Waals surface area contributed by atoms with Crippen LogP contribution in [0.4, 0.5) is 5.69 Å². The van der Waals surface area contributed by atoms with Gasteiger partial charge >= 0.3 is 37.7 Å². The van der Waals surface area contributed by atoms with E-state index in [1.54, 1.807) is 24.5 Å². The Hall–Kier alpha value is 0.210. The van der Waals surface area contributed by atoms with Crippen molar-refractivity contribution in [3.63, 3.8) is 0 Å². The van der Waals surface area contributed by atoms with Gasteiger partial charge < -0.3 is 8.59 Å².